The molecule has 0 aliphatic carbocycles. The van der Waals surface area contributed by atoms with Crippen molar-refractivity contribution >= 4 is 5.82 Å². The number of rotatable bonds is 4. The third-order valence-corrected chi connectivity index (χ3v) is 2.14. The number of hydrogen-bond acceptors (Lipinski definition) is 3. The lowest BCUT2D eigenvalue weighted by Crippen LogP contribution is -2.22. The summed E-state index contributed by atoms with van der Waals surface area (Å²) in [5, 5.41) is 7.28. The van der Waals surface area contributed by atoms with Crippen LogP contribution in [0.2, 0.25) is 0 Å². The number of aromatic nitrogens is 3. The largest absolute Gasteiger partial charge is 0.366 e. The maximum Gasteiger partial charge on any atom is 0.141 e. The Morgan fingerprint density at radius 1 is 1.50 bits per heavy atom. The first-order chi connectivity index (χ1) is 7.74. The minimum atomic E-state index is -0.328. The van der Waals surface area contributed by atoms with Crippen molar-refractivity contribution < 1.29 is 4.39 Å². The molecule has 1 atom stereocenters. The highest BCUT2D eigenvalue weighted by Crippen LogP contribution is 2.06. The van der Waals surface area contributed by atoms with Crippen molar-refractivity contribution in [3.63, 3.8) is 0 Å². The second-order valence-corrected chi connectivity index (χ2v) is 3.64. The number of anilines is 1. The Hall–Kier alpha value is -1.91. The Morgan fingerprint density at radius 2 is 2.38 bits per heavy atom. The van der Waals surface area contributed by atoms with Crippen LogP contribution in [-0.2, 0) is 6.54 Å². The van der Waals surface area contributed by atoms with Gasteiger partial charge in [0.2, 0.25) is 0 Å². The van der Waals surface area contributed by atoms with E-state index in [2.05, 4.69) is 15.4 Å². The van der Waals surface area contributed by atoms with E-state index >= 15 is 0 Å². The normalized spacial score (nSPS) is 12.4. The van der Waals surface area contributed by atoms with Gasteiger partial charge < -0.3 is 5.32 Å². The van der Waals surface area contributed by atoms with Gasteiger partial charge in [-0.05, 0) is 25.1 Å². The topological polar surface area (TPSA) is 42.7 Å². The average molecular weight is 220 g/mol. The summed E-state index contributed by atoms with van der Waals surface area (Å²) in [4.78, 5) is 3.93. The van der Waals surface area contributed by atoms with E-state index in [-0.39, 0.29) is 11.9 Å². The zero-order valence-corrected chi connectivity index (χ0v) is 8.97. The zero-order chi connectivity index (χ0) is 11.4. The lowest BCUT2D eigenvalue weighted by molar-refractivity contribution is 0.559. The molecule has 1 unspecified atom stereocenters. The quantitative estimate of drug-likeness (QED) is 0.856. The Labute approximate surface area is 93.1 Å². The summed E-state index contributed by atoms with van der Waals surface area (Å²) in [7, 11) is 0. The van der Waals surface area contributed by atoms with Gasteiger partial charge in [-0.2, -0.15) is 5.10 Å². The zero-order valence-electron chi connectivity index (χ0n) is 8.97. The van der Waals surface area contributed by atoms with E-state index in [0.717, 1.165) is 6.54 Å². The second kappa shape index (κ2) is 4.74. The molecule has 2 heterocycles. The maximum atomic E-state index is 12.6. The third kappa shape index (κ3) is 2.79. The number of pyridine rings is 1. The van der Waals surface area contributed by atoms with Crippen LogP contribution in [-0.4, -0.2) is 20.8 Å². The fourth-order valence-corrected chi connectivity index (χ4v) is 1.45. The molecule has 0 radical (unpaired) electrons. The second-order valence-electron chi connectivity index (χ2n) is 3.64. The van der Waals surface area contributed by atoms with Gasteiger partial charge in [-0.25, -0.2) is 9.37 Å². The first-order valence-corrected chi connectivity index (χ1v) is 5.09. The first kappa shape index (κ1) is 10.6. The average Bonchev–Trinajstić information content (AvgIpc) is 2.74. The number of halogens is 1. The van der Waals surface area contributed by atoms with E-state index in [1.807, 2.05) is 23.9 Å². The fraction of sp³-hybridized carbons (Fsp3) is 0.273. The first-order valence-electron chi connectivity index (χ1n) is 5.09. The van der Waals surface area contributed by atoms with Crippen LogP contribution in [0, 0.1) is 5.82 Å². The molecule has 16 heavy (non-hydrogen) atoms. The van der Waals surface area contributed by atoms with Crippen molar-refractivity contribution in [3.05, 3.63) is 42.6 Å². The molecular formula is C11H13FN4. The van der Waals surface area contributed by atoms with Crippen LogP contribution in [0.4, 0.5) is 10.2 Å². The Kier molecular flexibility index (Phi) is 3.14. The van der Waals surface area contributed by atoms with Crippen molar-refractivity contribution in [3.8, 4) is 0 Å². The van der Waals surface area contributed by atoms with Gasteiger partial charge in [0.25, 0.3) is 0 Å². The minimum Gasteiger partial charge on any atom is -0.366 e. The summed E-state index contributed by atoms with van der Waals surface area (Å²) in [5.74, 6) is 0.339. The molecule has 0 aliphatic heterocycles. The van der Waals surface area contributed by atoms with E-state index in [4.69, 9.17) is 0 Å². The van der Waals surface area contributed by atoms with Gasteiger partial charge in [-0.15, -0.1) is 0 Å². The van der Waals surface area contributed by atoms with Crippen molar-refractivity contribution in [2.45, 2.75) is 19.5 Å². The molecule has 0 saturated carbocycles. The van der Waals surface area contributed by atoms with E-state index in [1.54, 1.807) is 12.3 Å². The lowest BCUT2D eigenvalue weighted by atomic mass is 10.3. The van der Waals surface area contributed by atoms with Crippen LogP contribution < -0.4 is 5.32 Å². The van der Waals surface area contributed by atoms with Crippen LogP contribution in [0.5, 0.6) is 0 Å². The van der Waals surface area contributed by atoms with Gasteiger partial charge in [-0.1, -0.05) is 0 Å². The molecule has 0 aliphatic rings. The van der Waals surface area contributed by atoms with Crippen LogP contribution in [0.15, 0.2) is 36.8 Å². The third-order valence-electron chi connectivity index (χ3n) is 2.14. The molecule has 4 nitrogen and oxygen atoms in total. The Morgan fingerprint density at radius 3 is 3.00 bits per heavy atom. The standard InChI is InChI=1S/C11H13FN4/c1-9(8-16-6-2-5-14-16)15-11-4-3-10(12)7-13-11/h2-7,9H,8H2,1H3,(H,13,15). The summed E-state index contributed by atoms with van der Waals surface area (Å²) < 4.78 is 14.5. The van der Waals surface area contributed by atoms with Gasteiger partial charge in [0.05, 0.1) is 12.7 Å². The highest BCUT2D eigenvalue weighted by atomic mass is 19.1. The van der Waals surface area contributed by atoms with Gasteiger partial charge in [0.1, 0.15) is 11.6 Å². The van der Waals surface area contributed by atoms with Crippen LogP contribution >= 0.6 is 0 Å². The summed E-state index contributed by atoms with van der Waals surface area (Å²) in [6, 6.07) is 5.06. The van der Waals surface area contributed by atoms with Gasteiger partial charge in [0, 0.05) is 18.4 Å². The van der Waals surface area contributed by atoms with Crippen molar-refractivity contribution in [1.82, 2.24) is 14.8 Å². The molecule has 0 aromatic carbocycles. The number of nitrogens with one attached hydrogen (secondary N) is 1. The molecule has 2 aromatic rings. The molecule has 0 spiro atoms. The molecule has 5 heteroatoms. The molecule has 0 bridgehead atoms. The van der Waals surface area contributed by atoms with Crippen LogP contribution in [0.25, 0.3) is 0 Å². The van der Waals surface area contributed by atoms with E-state index in [1.165, 1.54) is 12.3 Å². The predicted molar refractivity (Wildman–Crippen MR) is 59.5 cm³/mol. The monoisotopic (exact) mass is 220 g/mol. The molecular weight excluding hydrogens is 207 g/mol. The van der Waals surface area contributed by atoms with Gasteiger partial charge in [-0.3, -0.25) is 4.68 Å². The number of hydrogen-bond donors (Lipinski definition) is 1. The molecule has 2 rings (SSSR count). The van der Waals surface area contributed by atoms with E-state index < -0.39 is 0 Å². The van der Waals surface area contributed by atoms with Crippen molar-refractivity contribution in [2.75, 3.05) is 5.32 Å². The highest BCUT2D eigenvalue weighted by molar-refractivity contribution is 5.34. The molecule has 0 amide bonds. The molecule has 0 saturated heterocycles. The SMILES string of the molecule is CC(Cn1cccn1)Nc1ccc(F)cn1. The molecule has 0 fully saturated rings. The van der Waals surface area contributed by atoms with Crippen molar-refractivity contribution in [2.24, 2.45) is 0 Å². The Bertz CT molecular complexity index is 424. The maximum absolute atomic E-state index is 12.6. The molecule has 1 N–H and O–H groups in total. The summed E-state index contributed by atoms with van der Waals surface area (Å²) in [6.07, 6.45) is 4.84. The smallest absolute Gasteiger partial charge is 0.141 e. The van der Waals surface area contributed by atoms with E-state index in [9.17, 15) is 4.39 Å². The summed E-state index contributed by atoms with van der Waals surface area (Å²) >= 11 is 0. The predicted octanol–water partition coefficient (Wildman–Crippen LogP) is 1.92. The van der Waals surface area contributed by atoms with E-state index in [0.29, 0.717) is 5.82 Å². The minimum absolute atomic E-state index is 0.179. The summed E-state index contributed by atoms with van der Waals surface area (Å²) in [6.45, 7) is 2.76. The van der Waals surface area contributed by atoms with Gasteiger partial charge in [0.15, 0.2) is 0 Å². The highest BCUT2D eigenvalue weighted by Gasteiger charge is 2.03. The molecule has 84 valence electrons. The Balaban J connectivity index is 1.92. The molecule has 2 aromatic heterocycles. The number of nitrogens with zero attached hydrogens (tertiary/aromatic N) is 3. The van der Waals surface area contributed by atoms with Gasteiger partial charge >= 0.3 is 0 Å². The lowest BCUT2D eigenvalue weighted by Gasteiger charge is -2.14. The van der Waals surface area contributed by atoms with Crippen molar-refractivity contribution in [1.29, 1.82) is 0 Å². The fourth-order valence-electron chi connectivity index (χ4n) is 1.45. The summed E-state index contributed by atoms with van der Waals surface area (Å²) in [5.41, 5.74) is 0. The van der Waals surface area contributed by atoms with Crippen LogP contribution in [0.1, 0.15) is 6.92 Å². The van der Waals surface area contributed by atoms with Crippen LogP contribution in [0.3, 0.4) is 0 Å².